The lowest BCUT2D eigenvalue weighted by Crippen LogP contribution is -2.55. The lowest BCUT2D eigenvalue weighted by atomic mass is 9.95. The van der Waals surface area contributed by atoms with E-state index in [1.54, 1.807) is 24.3 Å². The number of Topliss-reactive ketones (excluding diaryl/α,β-unsaturated/α-hetero) is 1. The number of unbranched alkanes of at least 4 members (excludes halogenated alkanes) is 1. The smallest absolute Gasteiger partial charge is 0.408 e. The molecule has 2 fully saturated rings. The summed E-state index contributed by atoms with van der Waals surface area (Å²) in [6.07, 6.45) is 2.56. The maximum absolute atomic E-state index is 14.6. The highest BCUT2D eigenvalue weighted by Gasteiger charge is 2.44. The monoisotopic (exact) mass is 809 g/mol. The number of ether oxygens (including phenoxy) is 2. The molecule has 0 saturated carbocycles. The molecular weight excluding hydrogens is 755 g/mol. The van der Waals surface area contributed by atoms with Crippen LogP contribution in [0, 0.1) is 5.92 Å². The van der Waals surface area contributed by atoms with Crippen molar-refractivity contribution >= 4 is 40.9 Å². The number of rotatable bonds is 19. The van der Waals surface area contributed by atoms with Gasteiger partial charge in [-0.3, -0.25) is 14.4 Å². The van der Waals surface area contributed by atoms with Crippen LogP contribution in [-0.2, 0) is 32.1 Å². The number of benzene rings is 3. The van der Waals surface area contributed by atoms with Crippen molar-refractivity contribution in [1.82, 2.24) is 31.2 Å². The first kappa shape index (κ1) is 42.8. The number of oxazole rings is 1. The Bertz CT molecular complexity index is 1960. The van der Waals surface area contributed by atoms with Crippen molar-refractivity contribution in [2.24, 2.45) is 11.7 Å². The fourth-order valence-corrected chi connectivity index (χ4v) is 7.59. The number of alkyl carbamates (subject to hydrolysis) is 2. The number of nitrogens with two attached hydrogens (primary N) is 1. The minimum Gasteiger partial charge on any atom is -0.445 e. The number of likely N-dealkylation sites (tertiary alicyclic amines) is 1. The van der Waals surface area contributed by atoms with Gasteiger partial charge in [0.2, 0.25) is 17.6 Å². The summed E-state index contributed by atoms with van der Waals surface area (Å²) in [7, 11) is 0. The molecule has 1 aromatic heterocycles. The zero-order valence-corrected chi connectivity index (χ0v) is 33.3. The molecule has 0 radical (unpaired) electrons. The van der Waals surface area contributed by atoms with Crippen LogP contribution < -0.4 is 27.0 Å². The number of para-hydroxylation sites is 2. The highest BCUT2D eigenvalue weighted by molar-refractivity contribution is 6.01. The van der Waals surface area contributed by atoms with Crippen LogP contribution in [0.5, 0.6) is 0 Å². The van der Waals surface area contributed by atoms with Gasteiger partial charge in [0, 0.05) is 13.0 Å². The Morgan fingerprint density at radius 3 is 2.29 bits per heavy atom. The molecule has 15 heteroatoms. The highest BCUT2D eigenvalue weighted by atomic mass is 16.6. The average Bonchev–Trinajstić information content (AvgIpc) is 3.90. The molecule has 4 atom stereocenters. The van der Waals surface area contributed by atoms with Gasteiger partial charge < -0.3 is 45.8 Å². The molecule has 6 N–H and O–H groups in total. The van der Waals surface area contributed by atoms with Crippen molar-refractivity contribution in [3.05, 3.63) is 102 Å². The van der Waals surface area contributed by atoms with E-state index in [9.17, 15) is 24.0 Å². The topological polar surface area (TPSA) is 207 Å². The number of carbonyl (C=O) groups excluding carboxylic acids is 5. The number of carbonyl (C=O) groups is 5. The Hall–Kier alpha value is -5.80. The first-order chi connectivity index (χ1) is 28.8. The Balaban J connectivity index is 1.20. The molecule has 2 aliphatic heterocycles. The van der Waals surface area contributed by atoms with E-state index in [1.807, 2.05) is 60.7 Å². The second-order valence-corrected chi connectivity index (χ2v) is 15.2. The number of aromatic nitrogens is 1. The largest absolute Gasteiger partial charge is 0.445 e. The van der Waals surface area contributed by atoms with Gasteiger partial charge in [-0.1, -0.05) is 72.8 Å². The predicted molar refractivity (Wildman–Crippen MR) is 220 cm³/mol. The number of amides is 4. The van der Waals surface area contributed by atoms with E-state index in [2.05, 4.69) is 26.3 Å². The van der Waals surface area contributed by atoms with Crippen LogP contribution in [0.2, 0.25) is 0 Å². The van der Waals surface area contributed by atoms with E-state index < -0.39 is 54.0 Å². The van der Waals surface area contributed by atoms with E-state index in [0.29, 0.717) is 49.4 Å². The van der Waals surface area contributed by atoms with Crippen molar-refractivity contribution < 1.29 is 37.9 Å². The van der Waals surface area contributed by atoms with Crippen LogP contribution in [-0.4, -0.2) is 96.6 Å². The van der Waals surface area contributed by atoms with Gasteiger partial charge in [0.25, 0.3) is 5.89 Å². The summed E-state index contributed by atoms with van der Waals surface area (Å²) in [6, 6.07) is 22.4. The molecule has 0 spiro atoms. The van der Waals surface area contributed by atoms with E-state index in [0.717, 1.165) is 43.5 Å². The Kier molecular flexibility index (Phi) is 15.8. The summed E-state index contributed by atoms with van der Waals surface area (Å²) in [6.45, 7) is 2.60. The lowest BCUT2D eigenvalue weighted by molar-refractivity contribution is -0.140. The third-order valence-corrected chi connectivity index (χ3v) is 10.9. The maximum atomic E-state index is 14.6. The minimum absolute atomic E-state index is 0.0106. The Labute approximate surface area is 344 Å². The SMILES string of the molecule is NCCCC[C@H](NC(=O)[C@@H]1C[C@@H](OC(=O)NCCC2CCNCC2)CN1C(=O)[C@@H](CCc1ccccc1)NC(=O)OCc1ccccc1)C(=O)c1nc2ccccc2o1. The first-order valence-electron chi connectivity index (χ1n) is 20.6. The number of hydrogen-bond donors (Lipinski definition) is 5. The van der Waals surface area contributed by atoms with E-state index >= 15 is 0 Å². The lowest BCUT2D eigenvalue weighted by Gasteiger charge is -2.29. The summed E-state index contributed by atoms with van der Waals surface area (Å²) in [5.41, 5.74) is 8.42. The Morgan fingerprint density at radius 1 is 0.847 bits per heavy atom. The standard InChI is InChI=1S/C44H55N7O8/c45-23-10-9-16-35(39(52)41-49-34-15-7-8-17-38(34)59-41)48-40(53)37-27-33(58-43(55)47-26-22-31-20-24-46-25-21-31)28-51(37)42(54)36(19-18-30-11-3-1-4-12-30)50-44(56)57-29-32-13-5-2-6-14-32/h1-8,11-15,17,31,33,35-37,46H,9-10,16,18-29,45H2,(H,47,55)(H,48,53)(H,50,56)/t33-,35+,36-,37+/m1/s1. The highest BCUT2D eigenvalue weighted by Crippen LogP contribution is 2.25. The third-order valence-electron chi connectivity index (χ3n) is 10.9. The summed E-state index contributed by atoms with van der Waals surface area (Å²) < 4.78 is 17.1. The number of ketones is 1. The number of nitrogens with zero attached hydrogens (tertiary/aromatic N) is 2. The molecular formula is C44H55N7O8. The molecule has 15 nitrogen and oxygen atoms in total. The molecule has 3 aromatic carbocycles. The molecule has 59 heavy (non-hydrogen) atoms. The van der Waals surface area contributed by atoms with Gasteiger partial charge in [-0.15, -0.1) is 0 Å². The van der Waals surface area contributed by atoms with E-state index in [-0.39, 0.29) is 38.3 Å². The summed E-state index contributed by atoms with van der Waals surface area (Å²) in [5.74, 6) is -1.34. The number of piperidine rings is 1. The van der Waals surface area contributed by atoms with E-state index in [1.165, 1.54) is 4.90 Å². The molecule has 0 aliphatic carbocycles. The molecule has 0 unspecified atom stereocenters. The Morgan fingerprint density at radius 2 is 1.56 bits per heavy atom. The van der Waals surface area contributed by atoms with Crippen LogP contribution in [0.15, 0.2) is 89.3 Å². The fourth-order valence-electron chi connectivity index (χ4n) is 7.59. The number of nitrogens with one attached hydrogen (secondary N) is 4. The summed E-state index contributed by atoms with van der Waals surface area (Å²) >= 11 is 0. The summed E-state index contributed by atoms with van der Waals surface area (Å²) in [4.78, 5) is 74.9. The van der Waals surface area contributed by atoms with E-state index in [4.69, 9.17) is 19.6 Å². The number of hydrogen-bond acceptors (Lipinski definition) is 11. The van der Waals surface area contributed by atoms with Gasteiger partial charge in [0.05, 0.1) is 12.6 Å². The van der Waals surface area contributed by atoms with Gasteiger partial charge in [-0.25, -0.2) is 14.6 Å². The second-order valence-electron chi connectivity index (χ2n) is 15.2. The van der Waals surface area contributed by atoms with Crippen molar-refractivity contribution in [2.75, 3.05) is 32.7 Å². The van der Waals surface area contributed by atoms with Crippen molar-refractivity contribution in [2.45, 2.75) is 88.6 Å². The van der Waals surface area contributed by atoms with Crippen molar-refractivity contribution in [1.29, 1.82) is 0 Å². The second kappa shape index (κ2) is 21.8. The molecule has 0 bridgehead atoms. The van der Waals surface area contributed by atoms with Crippen LogP contribution >= 0.6 is 0 Å². The quantitative estimate of drug-likeness (QED) is 0.0652. The molecule has 314 valence electrons. The van der Waals surface area contributed by atoms with Gasteiger partial charge in [-0.2, -0.15) is 0 Å². The third kappa shape index (κ3) is 12.6. The van der Waals surface area contributed by atoms with Crippen molar-refractivity contribution in [3.8, 4) is 0 Å². The number of fused-ring (bicyclic) bond motifs is 1. The maximum Gasteiger partial charge on any atom is 0.408 e. The van der Waals surface area contributed by atoms with Crippen molar-refractivity contribution in [3.63, 3.8) is 0 Å². The van der Waals surface area contributed by atoms with Gasteiger partial charge in [-0.05, 0) is 100 Å². The first-order valence-corrected chi connectivity index (χ1v) is 20.6. The van der Waals surface area contributed by atoms with Crippen LogP contribution in [0.4, 0.5) is 9.59 Å². The van der Waals surface area contributed by atoms with Gasteiger partial charge >= 0.3 is 12.2 Å². The fraction of sp³-hybridized carbons (Fsp3) is 0.455. The molecule has 3 heterocycles. The zero-order chi connectivity index (χ0) is 41.4. The predicted octanol–water partition coefficient (Wildman–Crippen LogP) is 4.64. The normalized spacial score (nSPS) is 17.8. The molecule has 4 amide bonds. The molecule has 4 aromatic rings. The van der Waals surface area contributed by atoms with Crippen LogP contribution in [0.3, 0.4) is 0 Å². The summed E-state index contributed by atoms with van der Waals surface area (Å²) in [5, 5.41) is 11.8. The average molecular weight is 810 g/mol. The van der Waals surface area contributed by atoms with Gasteiger partial charge in [0.1, 0.15) is 30.3 Å². The molecule has 2 aliphatic rings. The molecule has 2 saturated heterocycles. The molecule has 6 rings (SSSR count). The van der Waals surface area contributed by atoms with Crippen LogP contribution in [0.25, 0.3) is 11.1 Å². The van der Waals surface area contributed by atoms with Gasteiger partial charge in [0.15, 0.2) is 5.58 Å². The zero-order valence-electron chi connectivity index (χ0n) is 33.3. The number of aryl methyl sites for hydroxylation is 1. The van der Waals surface area contributed by atoms with Crippen LogP contribution in [0.1, 0.15) is 73.2 Å². The minimum atomic E-state index is -1.15.